The lowest BCUT2D eigenvalue weighted by Crippen LogP contribution is -2.32. The summed E-state index contributed by atoms with van der Waals surface area (Å²) in [5.74, 6) is 0. The van der Waals surface area contributed by atoms with Gasteiger partial charge in [-0.15, -0.1) is 0 Å². The van der Waals surface area contributed by atoms with Crippen molar-refractivity contribution in [3.05, 3.63) is 35.4 Å². The predicted octanol–water partition coefficient (Wildman–Crippen LogP) is 2.56. The summed E-state index contributed by atoms with van der Waals surface area (Å²) in [7, 11) is 0. The average Bonchev–Trinajstić information content (AvgIpc) is 2.45. The highest BCUT2D eigenvalue weighted by molar-refractivity contribution is 5.98. The lowest BCUT2D eigenvalue weighted by molar-refractivity contribution is -0.109. The molecule has 0 aliphatic carbocycles. The maximum absolute atomic E-state index is 10.9. The van der Waals surface area contributed by atoms with Crippen LogP contribution in [0.5, 0.6) is 0 Å². The summed E-state index contributed by atoms with van der Waals surface area (Å²) in [5, 5.41) is 7.22. The van der Waals surface area contributed by atoms with Crippen molar-refractivity contribution in [1.29, 1.82) is 0 Å². The maximum atomic E-state index is 10.9. The van der Waals surface area contributed by atoms with Crippen LogP contribution < -0.4 is 5.32 Å². The quantitative estimate of drug-likeness (QED) is 0.451. The van der Waals surface area contributed by atoms with Gasteiger partial charge in [0.15, 0.2) is 0 Å². The summed E-state index contributed by atoms with van der Waals surface area (Å²) < 4.78 is 0. The van der Waals surface area contributed by atoms with Gasteiger partial charge in [0, 0.05) is 0 Å². The minimum atomic E-state index is -0.120. The van der Waals surface area contributed by atoms with Crippen LogP contribution in [-0.4, -0.2) is 30.7 Å². The number of carbonyl (C=O) groups is 1. The van der Waals surface area contributed by atoms with E-state index in [1.807, 2.05) is 52.0 Å². The van der Waals surface area contributed by atoms with Gasteiger partial charge < -0.3 is 14.9 Å². The Morgan fingerprint density at radius 3 is 2.50 bits per heavy atom. The predicted molar refractivity (Wildman–Crippen MR) is 82.1 cm³/mol. The molecular formula is C16H24N2O2. The highest BCUT2D eigenvalue weighted by Crippen LogP contribution is 2.08. The molecule has 1 N–H and O–H groups in total. The summed E-state index contributed by atoms with van der Waals surface area (Å²) in [6, 6.07) is 7.94. The number of oxime groups is 1. The molecule has 0 saturated heterocycles. The second kappa shape index (κ2) is 8.48. The van der Waals surface area contributed by atoms with Gasteiger partial charge >= 0.3 is 0 Å². The fraction of sp³-hybridized carbons (Fsp3) is 0.500. The van der Waals surface area contributed by atoms with Gasteiger partial charge in [-0.3, -0.25) is 0 Å². The number of benzene rings is 1. The SMILES string of the molecule is CCNC(C=O)Cc1ccc(/C(C)=N\OC(C)C)cc1. The zero-order valence-electron chi connectivity index (χ0n) is 12.7. The van der Waals surface area contributed by atoms with Gasteiger partial charge in [0.05, 0.1) is 11.8 Å². The highest BCUT2D eigenvalue weighted by Gasteiger charge is 2.07. The van der Waals surface area contributed by atoms with Crippen LogP contribution >= 0.6 is 0 Å². The van der Waals surface area contributed by atoms with E-state index in [0.717, 1.165) is 29.7 Å². The molecule has 0 amide bonds. The van der Waals surface area contributed by atoms with Crippen LogP contribution in [0, 0.1) is 0 Å². The highest BCUT2D eigenvalue weighted by atomic mass is 16.6. The summed E-state index contributed by atoms with van der Waals surface area (Å²) in [5.41, 5.74) is 3.01. The van der Waals surface area contributed by atoms with E-state index < -0.39 is 0 Å². The normalized spacial score (nSPS) is 13.3. The number of hydrogen-bond donors (Lipinski definition) is 1. The second-order valence-electron chi connectivity index (χ2n) is 5.03. The standard InChI is InChI=1S/C16H24N2O2/c1-5-17-16(11-19)10-14-6-8-15(9-7-14)13(4)18-20-12(2)3/h6-9,11-12,16-17H,5,10H2,1-4H3/b18-13-. The fourth-order valence-corrected chi connectivity index (χ4v) is 1.80. The van der Waals surface area contributed by atoms with Crippen molar-refractivity contribution < 1.29 is 9.63 Å². The Balaban J connectivity index is 2.68. The molecule has 4 nitrogen and oxygen atoms in total. The monoisotopic (exact) mass is 276 g/mol. The van der Waals surface area contributed by atoms with Crippen LogP contribution in [0.15, 0.2) is 29.4 Å². The van der Waals surface area contributed by atoms with E-state index in [9.17, 15) is 4.79 Å². The number of carbonyl (C=O) groups excluding carboxylic acids is 1. The average molecular weight is 276 g/mol. The summed E-state index contributed by atoms with van der Waals surface area (Å²) in [6.07, 6.45) is 1.74. The fourth-order valence-electron chi connectivity index (χ4n) is 1.80. The van der Waals surface area contributed by atoms with Crippen LogP contribution in [0.1, 0.15) is 38.8 Å². The molecule has 0 spiro atoms. The number of likely N-dealkylation sites (N-methyl/N-ethyl adjacent to an activating group) is 1. The third kappa shape index (κ3) is 5.53. The Hall–Kier alpha value is -1.68. The summed E-state index contributed by atoms with van der Waals surface area (Å²) >= 11 is 0. The van der Waals surface area contributed by atoms with Crippen molar-refractivity contribution in [2.24, 2.45) is 5.16 Å². The van der Waals surface area contributed by atoms with Crippen LogP contribution in [0.2, 0.25) is 0 Å². The summed E-state index contributed by atoms with van der Waals surface area (Å²) in [6.45, 7) is 8.60. The van der Waals surface area contributed by atoms with Crippen molar-refractivity contribution in [2.45, 2.75) is 46.3 Å². The van der Waals surface area contributed by atoms with Crippen molar-refractivity contribution in [1.82, 2.24) is 5.32 Å². The van der Waals surface area contributed by atoms with E-state index >= 15 is 0 Å². The van der Waals surface area contributed by atoms with Gasteiger partial charge in [-0.05, 0) is 44.9 Å². The van der Waals surface area contributed by atoms with E-state index in [1.165, 1.54) is 0 Å². The number of hydrogen-bond acceptors (Lipinski definition) is 4. The number of aldehydes is 1. The third-order valence-corrected chi connectivity index (χ3v) is 2.86. The minimum Gasteiger partial charge on any atom is -0.393 e. The third-order valence-electron chi connectivity index (χ3n) is 2.86. The van der Waals surface area contributed by atoms with Crippen LogP contribution in [-0.2, 0) is 16.1 Å². The Bertz CT molecular complexity index is 438. The van der Waals surface area contributed by atoms with E-state index in [1.54, 1.807) is 0 Å². The molecule has 0 radical (unpaired) electrons. The van der Waals surface area contributed by atoms with Gasteiger partial charge in [-0.25, -0.2) is 0 Å². The van der Waals surface area contributed by atoms with Crippen LogP contribution in [0.4, 0.5) is 0 Å². The number of nitrogens with zero attached hydrogens (tertiary/aromatic N) is 1. The molecule has 0 aliphatic rings. The molecule has 1 aromatic rings. The number of rotatable bonds is 8. The van der Waals surface area contributed by atoms with Crippen LogP contribution in [0.3, 0.4) is 0 Å². The van der Waals surface area contributed by atoms with Crippen molar-refractivity contribution in [3.63, 3.8) is 0 Å². The first-order chi connectivity index (χ1) is 9.56. The minimum absolute atomic E-state index is 0.0812. The Kier molecular flexibility index (Phi) is 6.94. The lowest BCUT2D eigenvalue weighted by Gasteiger charge is -2.11. The molecule has 0 heterocycles. The van der Waals surface area contributed by atoms with Gasteiger partial charge in [0.25, 0.3) is 0 Å². The smallest absolute Gasteiger partial charge is 0.137 e. The molecule has 0 saturated carbocycles. The molecule has 1 unspecified atom stereocenters. The second-order valence-corrected chi connectivity index (χ2v) is 5.03. The topological polar surface area (TPSA) is 50.7 Å². The van der Waals surface area contributed by atoms with Crippen molar-refractivity contribution >= 4 is 12.0 Å². The largest absolute Gasteiger partial charge is 0.393 e. The molecule has 1 aromatic carbocycles. The van der Waals surface area contributed by atoms with Crippen LogP contribution in [0.25, 0.3) is 0 Å². The van der Waals surface area contributed by atoms with Gasteiger partial charge in [-0.2, -0.15) is 0 Å². The first-order valence-corrected chi connectivity index (χ1v) is 7.05. The van der Waals surface area contributed by atoms with E-state index in [2.05, 4.69) is 10.5 Å². The molecule has 20 heavy (non-hydrogen) atoms. The molecule has 0 aromatic heterocycles. The van der Waals surface area contributed by atoms with Gasteiger partial charge in [0.1, 0.15) is 12.4 Å². The Morgan fingerprint density at radius 2 is 2.00 bits per heavy atom. The molecular weight excluding hydrogens is 252 g/mol. The first kappa shape index (κ1) is 16.4. The molecule has 0 fully saturated rings. The van der Waals surface area contributed by atoms with Gasteiger partial charge in [0.2, 0.25) is 0 Å². The molecule has 0 bridgehead atoms. The van der Waals surface area contributed by atoms with E-state index in [4.69, 9.17) is 4.84 Å². The zero-order valence-corrected chi connectivity index (χ0v) is 12.7. The molecule has 1 rings (SSSR count). The number of nitrogens with one attached hydrogen (secondary N) is 1. The first-order valence-electron chi connectivity index (χ1n) is 7.05. The Labute approximate surface area is 121 Å². The van der Waals surface area contributed by atoms with E-state index in [0.29, 0.717) is 6.42 Å². The molecule has 0 aliphatic heterocycles. The summed E-state index contributed by atoms with van der Waals surface area (Å²) in [4.78, 5) is 16.2. The van der Waals surface area contributed by atoms with Gasteiger partial charge in [-0.1, -0.05) is 36.3 Å². The zero-order chi connectivity index (χ0) is 15.0. The molecule has 4 heteroatoms. The van der Waals surface area contributed by atoms with Crippen molar-refractivity contribution in [3.8, 4) is 0 Å². The molecule has 1 atom stereocenters. The van der Waals surface area contributed by atoms with Crippen molar-refractivity contribution in [2.75, 3.05) is 6.54 Å². The molecule has 110 valence electrons. The Morgan fingerprint density at radius 1 is 1.35 bits per heavy atom. The lowest BCUT2D eigenvalue weighted by atomic mass is 10.0. The maximum Gasteiger partial charge on any atom is 0.137 e. The van der Waals surface area contributed by atoms with E-state index in [-0.39, 0.29) is 12.1 Å².